The predicted octanol–water partition coefficient (Wildman–Crippen LogP) is 4.99. The Balaban J connectivity index is 2.17. The van der Waals surface area contributed by atoms with Crippen LogP contribution in [0.25, 0.3) is 16.6 Å². The zero-order chi connectivity index (χ0) is 21.3. The lowest BCUT2D eigenvalue weighted by atomic mass is 9.91. The minimum Gasteiger partial charge on any atom is -0.336 e. The number of rotatable bonds is 4. The van der Waals surface area contributed by atoms with E-state index in [9.17, 15) is 9.59 Å². The molecule has 0 bridgehead atoms. The first kappa shape index (κ1) is 21.1. The molecule has 0 aliphatic carbocycles. The van der Waals surface area contributed by atoms with Crippen molar-refractivity contribution in [1.82, 2.24) is 14.5 Å². The summed E-state index contributed by atoms with van der Waals surface area (Å²) in [5.74, 6) is 0.524. The molecule has 1 unspecified atom stereocenters. The molecule has 1 aromatic heterocycles. The van der Waals surface area contributed by atoms with Crippen molar-refractivity contribution in [2.24, 2.45) is 5.41 Å². The number of fused-ring (bicyclic) bond motifs is 1. The van der Waals surface area contributed by atoms with E-state index in [4.69, 9.17) is 16.6 Å². The topological polar surface area (TPSA) is 55.2 Å². The van der Waals surface area contributed by atoms with Crippen molar-refractivity contribution in [3.8, 4) is 5.69 Å². The second-order valence-electron chi connectivity index (χ2n) is 8.52. The summed E-state index contributed by atoms with van der Waals surface area (Å²) in [4.78, 5) is 32.6. The quantitative estimate of drug-likeness (QED) is 0.607. The monoisotopic (exact) mass is 411 g/mol. The van der Waals surface area contributed by atoms with Crippen LogP contribution in [0.15, 0.2) is 53.3 Å². The van der Waals surface area contributed by atoms with Gasteiger partial charge < -0.3 is 4.90 Å². The van der Waals surface area contributed by atoms with Crippen LogP contribution in [-0.4, -0.2) is 27.4 Å². The fourth-order valence-electron chi connectivity index (χ4n) is 3.24. The predicted molar refractivity (Wildman–Crippen MR) is 118 cm³/mol. The van der Waals surface area contributed by atoms with E-state index in [0.29, 0.717) is 33.9 Å². The normalized spacial score (nSPS) is 12.8. The zero-order valence-corrected chi connectivity index (χ0v) is 18.2. The van der Waals surface area contributed by atoms with Crippen molar-refractivity contribution in [2.45, 2.75) is 40.2 Å². The molecule has 1 amide bonds. The molecule has 0 N–H and O–H groups in total. The van der Waals surface area contributed by atoms with E-state index in [-0.39, 0.29) is 16.9 Å². The van der Waals surface area contributed by atoms with Crippen LogP contribution < -0.4 is 5.56 Å². The summed E-state index contributed by atoms with van der Waals surface area (Å²) in [7, 11) is 1.76. The van der Waals surface area contributed by atoms with Gasteiger partial charge in [0.05, 0.1) is 22.6 Å². The summed E-state index contributed by atoms with van der Waals surface area (Å²) in [6.07, 6.45) is 0.409. The van der Waals surface area contributed by atoms with Crippen molar-refractivity contribution in [3.63, 3.8) is 0 Å². The van der Waals surface area contributed by atoms with Gasteiger partial charge in [0.1, 0.15) is 5.82 Å². The lowest BCUT2D eigenvalue weighted by Crippen LogP contribution is -2.36. The van der Waals surface area contributed by atoms with Crippen molar-refractivity contribution in [1.29, 1.82) is 0 Å². The number of amides is 1. The van der Waals surface area contributed by atoms with Gasteiger partial charge in [0.15, 0.2) is 0 Å². The van der Waals surface area contributed by atoms with E-state index in [1.165, 1.54) is 0 Å². The fraction of sp³-hybridized carbons (Fsp3) is 0.348. The lowest BCUT2D eigenvalue weighted by molar-refractivity contribution is -0.133. The Labute approximate surface area is 175 Å². The van der Waals surface area contributed by atoms with Gasteiger partial charge in [-0.25, -0.2) is 4.98 Å². The summed E-state index contributed by atoms with van der Waals surface area (Å²) in [5.41, 5.74) is 0.978. The smallest absolute Gasteiger partial charge is 0.266 e. The molecule has 0 fully saturated rings. The van der Waals surface area contributed by atoms with Gasteiger partial charge in [-0.05, 0) is 48.7 Å². The first-order valence-corrected chi connectivity index (χ1v) is 9.99. The van der Waals surface area contributed by atoms with Gasteiger partial charge in [0, 0.05) is 18.5 Å². The Bertz CT molecular complexity index is 1100. The molecule has 3 rings (SSSR count). The second-order valence-corrected chi connectivity index (χ2v) is 8.96. The zero-order valence-electron chi connectivity index (χ0n) is 17.4. The number of para-hydroxylation sites is 1. The maximum absolute atomic E-state index is 13.3. The third-order valence-corrected chi connectivity index (χ3v) is 5.17. The number of halogens is 1. The van der Waals surface area contributed by atoms with E-state index in [0.717, 1.165) is 0 Å². The van der Waals surface area contributed by atoms with Crippen LogP contribution in [0.4, 0.5) is 0 Å². The largest absolute Gasteiger partial charge is 0.336 e. The maximum Gasteiger partial charge on any atom is 0.266 e. The number of benzene rings is 2. The summed E-state index contributed by atoms with van der Waals surface area (Å²) in [6.45, 7) is 7.98. The van der Waals surface area contributed by atoms with Crippen LogP contribution >= 0.6 is 11.6 Å². The van der Waals surface area contributed by atoms with E-state index in [2.05, 4.69) is 0 Å². The second kappa shape index (κ2) is 7.99. The van der Waals surface area contributed by atoms with Gasteiger partial charge >= 0.3 is 0 Å². The Morgan fingerprint density at radius 2 is 1.76 bits per heavy atom. The van der Waals surface area contributed by atoms with Crippen LogP contribution in [0.5, 0.6) is 0 Å². The molecule has 2 aromatic carbocycles. The molecule has 0 spiro atoms. The highest BCUT2D eigenvalue weighted by atomic mass is 35.5. The highest BCUT2D eigenvalue weighted by Crippen LogP contribution is 2.26. The van der Waals surface area contributed by atoms with Crippen molar-refractivity contribution < 1.29 is 4.79 Å². The Morgan fingerprint density at radius 1 is 1.14 bits per heavy atom. The average molecular weight is 412 g/mol. The molecule has 0 saturated carbocycles. The van der Waals surface area contributed by atoms with E-state index in [1.54, 1.807) is 46.8 Å². The van der Waals surface area contributed by atoms with Gasteiger partial charge in [0.25, 0.3) is 5.56 Å². The number of aromatic nitrogens is 2. The molecule has 1 atom stereocenters. The third-order valence-electron chi connectivity index (χ3n) is 4.92. The summed E-state index contributed by atoms with van der Waals surface area (Å²) in [6, 6.07) is 13.9. The average Bonchev–Trinajstić information content (AvgIpc) is 2.66. The van der Waals surface area contributed by atoms with Crippen LogP contribution in [0.3, 0.4) is 0 Å². The molecule has 3 aromatic rings. The number of hydrogen-bond acceptors (Lipinski definition) is 3. The molecule has 1 heterocycles. The molecule has 0 saturated heterocycles. The molecule has 0 aliphatic rings. The summed E-state index contributed by atoms with van der Waals surface area (Å²) < 4.78 is 1.57. The summed E-state index contributed by atoms with van der Waals surface area (Å²) in [5, 5.41) is 1.12. The first-order valence-electron chi connectivity index (χ1n) is 9.62. The van der Waals surface area contributed by atoms with Gasteiger partial charge in [-0.3, -0.25) is 14.2 Å². The molecule has 29 heavy (non-hydrogen) atoms. The number of hydrogen-bond donors (Lipinski definition) is 0. The van der Waals surface area contributed by atoms with Crippen LogP contribution in [0.1, 0.15) is 46.0 Å². The minimum absolute atomic E-state index is 0.00932. The molecule has 0 radical (unpaired) electrons. The SMILES string of the molecule is CC(c1nc2ccccc2c(=O)n1-c1ccc(Cl)cc1)N(C)C(=O)CC(C)(C)C. The lowest BCUT2D eigenvalue weighted by Gasteiger charge is -2.29. The molecular weight excluding hydrogens is 386 g/mol. The Hall–Kier alpha value is -2.66. The van der Waals surface area contributed by atoms with Crippen LogP contribution in [0.2, 0.25) is 5.02 Å². The molecular formula is C23H26ClN3O2. The minimum atomic E-state index is -0.391. The van der Waals surface area contributed by atoms with E-state index >= 15 is 0 Å². The molecule has 0 aliphatic heterocycles. The summed E-state index contributed by atoms with van der Waals surface area (Å²) >= 11 is 6.03. The van der Waals surface area contributed by atoms with E-state index in [1.807, 2.05) is 45.9 Å². The van der Waals surface area contributed by atoms with Crippen molar-refractivity contribution >= 4 is 28.4 Å². The van der Waals surface area contributed by atoms with Gasteiger partial charge in [-0.2, -0.15) is 0 Å². The van der Waals surface area contributed by atoms with Gasteiger partial charge in [0.2, 0.25) is 5.91 Å². The fourth-order valence-corrected chi connectivity index (χ4v) is 3.36. The van der Waals surface area contributed by atoms with Gasteiger partial charge in [-0.15, -0.1) is 0 Å². The highest BCUT2D eigenvalue weighted by molar-refractivity contribution is 6.30. The molecule has 152 valence electrons. The van der Waals surface area contributed by atoms with E-state index < -0.39 is 6.04 Å². The number of carbonyl (C=O) groups excluding carboxylic acids is 1. The third kappa shape index (κ3) is 4.51. The molecule has 5 nitrogen and oxygen atoms in total. The standard InChI is InChI=1S/C23H26ClN3O2/c1-15(26(5)20(28)14-23(2,3)4)21-25-19-9-7-6-8-18(19)22(29)27(21)17-12-10-16(24)11-13-17/h6-13,15H,14H2,1-5H3. The van der Waals surface area contributed by atoms with Crippen LogP contribution in [-0.2, 0) is 4.79 Å². The van der Waals surface area contributed by atoms with Crippen molar-refractivity contribution in [3.05, 3.63) is 69.7 Å². The van der Waals surface area contributed by atoms with Crippen LogP contribution in [0, 0.1) is 5.41 Å². The van der Waals surface area contributed by atoms with Crippen molar-refractivity contribution in [2.75, 3.05) is 7.05 Å². The number of nitrogens with zero attached hydrogens (tertiary/aromatic N) is 3. The highest BCUT2D eigenvalue weighted by Gasteiger charge is 2.26. The maximum atomic E-state index is 13.3. The van der Waals surface area contributed by atoms with Gasteiger partial charge in [-0.1, -0.05) is 44.5 Å². The Kier molecular flexibility index (Phi) is 5.80. The molecule has 6 heteroatoms. The Morgan fingerprint density at radius 3 is 2.38 bits per heavy atom. The first-order chi connectivity index (χ1) is 13.6. The number of carbonyl (C=O) groups is 1.